The van der Waals surface area contributed by atoms with Crippen LogP contribution in [0.25, 0.3) is 6.08 Å². The zero-order chi connectivity index (χ0) is 11.7. The summed E-state index contributed by atoms with van der Waals surface area (Å²) in [4.78, 5) is 8.08. The van der Waals surface area contributed by atoms with Gasteiger partial charge in [-0.3, -0.25) is 0 Å². The zero-order valence-corrected chi connectivity index (χ0v) is 9.98. The van der Waals surface area contributed by atoms with E-state index in [9.17, 15) is 0 Å². The van der Waals surface area contributed by atoms with Crippen LogP contribution >= 0.6 is 11.6 Å². The molecule has 2 nitrogen and oxygen atoms in total. The first-order valence-corrected chi connectivity index (χ1v) is 5.95. The van der Waals surface area contributed by atoms with Crippen LogP contribution in [0.2, 0.25) is 5.28 Å². The highest BCUT2D eigenvalue weighted by Gasteiger charge is 2.06. The lowest BCUT2D eigenvalue weighted by molar-refractivity contribution is 1.02. The number of halogens is 1. The summed E-state index contributed by atoms with van der Waals surface area (Å²) in [6.45, 7) is 0. The molecule has 0 radical (unpaired) electrons. The number of fused-ring (bicyclic) bond motifs is 1. The van der Waals surface area contributed by atoms with E-state index in [-0.39, 0.29) is 0 Å². The second kappa shape index (κ2) is 4.30. The molecule has 0 atom stereocenters. The first-order chi connectivity index (χ1) is 8.31. The predicted octanol–water partition coefficient (Wildman–Crippen LogP) is 3.29. The van der Waals surface area contributed by atoms with Gasteiger partial charge in [0.05, 0.1) is 0 Å². The minimum atomic E-state index is 0.310. The Kier molecular flexibility index (Phi) is 2.65. The molecular weight excluding hydrogens is 232 g/mol. The Bertz CT molecular complexity index is 591. The summed E-state index contributed by atoms with van der Waals surface area (Å²) in [5, 5.41) is 0.310. The van der Waals surface area contributed by atoms with E-state index in [2.05, 4.69) is 40.3 Å². The Morgan fingerprint density at radius 3 is 3.06 bits per heavy atom. The van der Waals surface area contributed by atoms with Crippen molar-refractivity contribution in [2.24, 2.45) is 0 Å². The minimum Gasteiger partial charge on any atom is -0.227 e. The summed E-state index contributed by atoms with van der Waals surface area (Å²) in [7, 11) is 0. The number of benzene rings is 1. The summed E-state index contributed by atoms with van der Waals surface area (Å²) in [6, 6.07) is 8.45. The fourth-order valence-corrected chi connectivity index (χ4v) is 2.26. The van der Waals surface area contributed by atoms with Gasteiger partial charge in [0.2, 0.25) is 5.28 Å². The van der Waals surface area contributed by atoms with Crippen LogP contribution in [0, 0.1) is 0 Å². The van der Waals surface area contributed by atoms with Gasteiger partial charge >= 0.3 is 0 Å². The second-order valence-electron chi connectivity index (χ2n) is 4.13. The van der Waals surface area contributed by atoms with Crippen LogP contribution in [0.15, 0.2) is 36.5 Å². The highest BCUT2D eigenvalue weighted by Crippen LogP contribution is 2.21. The van der Waals surface area contributed by atoms with Crippen molar-refractivity contribution in [2.75, 3.05) is 0 Å². The van der Waals surface area contributed by atoms with Crippen LogP contribution in [0.3, 0.4) is 0 Å². The Morgan fingerprint density at radius 2 is 2.18 bits per heavy atom. The normalized spacial score (nSPS) is 12.8. The summed E-state index contributed by atoms with van der Waals surface area (Å²) in [5.74, 6) is 0. The van der Waals surface area contributed by atoms with E-state index in [0.717, 1.165) is 18.5 Å². The lowest BCUT2D eigenvalue weighted by Gasteiger charge is -2.04. The number of nitrogens with zero attached hydrogens (tertiary/aromatic N) is 2. The Balaban J connectivity index is 1.87. The van der Waals surface area contributed by atoms with Gasteiger partial charge in [-0.25, -0.2) is 9.97 Å². The zero-order valence-electron chi connectivity index (χ0n) is 9.23. The SMILES string of the molecule is Clc1nccc(Cc2ccc3c(c2)CC=C3)n1. The van der Waals surface area contributed by atoms with Gasteiger partial charge < -0.3 is 0 Å². The third-order valence-electron chi connectivity index (χ3n) is 2.91. The summed E-state index contributed by atoms with van der Waals surface area (Å²) in [6.07, 6.45) is 7.89. The average molecular weight is 243 g/mol. The maximum absolute atomic E-state index is 5.77. The highest BCUT2D eigenvalue weighted by atomic mass is 35.5. The molecule has 3 heteroatoms. The van der Waals surface area contributed by atoms with Crippen molar-refractivity contribution in [3.8, 4) is 0 Å². The fraction of sp³-hybridized carbons (Fsp3) is 0.143. The Morgan fingerprint density at radius 1 is 1.24 bits per heavy atom. The second-order valence-corrected chi connectivity index (χ2v) is 4.47. The van der Waals surface area contributed by atoms with Crippen LogP contribution < -0.4 is 0 Å². The van der Waals surface area contributed by atoms with Crippen LogP contribution in [0.1, 0.15) is 22.4 Å². The van der Waals surface area contributed by atoms with Crippen molar-refractivity contribution < 1.29 is 0 Å². The molecule has 0 fully saturated rings. The minimum absolute atomic E-state index is 0.310. The Labute approximate surface area is 105 Å². The van der Waals surface area contributed by atoms with Gasteiger partial charge in [0.1, 0.15) is 0 Å². The molecule has 0 saturated carbocycles. The Hall–Kier alpha value is -1.67. The third-order valence-corrected chi connectivity index (χ3v) is 3.09. The molecule has 0 aliphatic heterocycles. The molecule has 1 aromatic carbocycles. The molecule has 0 saturated heterocycles. The molecule has 1 aromatic heterocycles. The molecule has 0 N–H and O–H groups in total. The summed E-state index contributed by atoms with van der Waals surface area (Å²) in [5.41, 5.74) is 4.94. The van der Waals surface area contributed by atoms with Crippen molar-refractivity contribution in [2.45, 2.75) is 12.8 Å². The van der Waals surface area contributed by atoms with Gasteiger partial charge in [0.15, 0.2) is 0 Å². The van der Waals surface area contributed by atoms with E-state index >= 15 is 0 Å². The molecule has 0 amide bonds. The lowest BCUT2D eigenvalue weighted by atomic mass is 10.0. The molecule has 0 bridgehead atoms. The molecule has 17 heavy (non-hydrogen) atoms. The molecule has 3 rings (SSSR count). The van der Waals surface area contributed by atoms with E-state index in [1.807, 2.05) is 6.07 Å². The fourth-order valence-electron chi connectivity index (χ4n) is 2.10. The highest BCUT2D eigenvalue weighted by molar-refractivity contribution is 6.28. The van der Waals surface area contributed by atoms with E-state index in [0.29, 0.717) is 5.28 Å². The van der Waals surface area contributed by atoms with Gasteiger partial charge in [-0.1, -0.05) is 30.4 Å². The van der Waals surface area contributed by atoms with E-state index < -0.39 is 0 Å². The molecule has 1 aliphatic carbocycles. The van der Waals surface area contributed by atoms with Crippen LogP contribution in [-0.4, -0.2) is 9.97 Å². The topological polar surface area (TPSA) is 25.8 Å². The van der Waals surface area contributed by atoms with Crippen LogP contribution in [0.5, 0.6) is 0 Å². The quantitative estimate of drug-likeness (QED) is 0.756. The third kappa shape index (κ3) is 2.22. The summed E-state index contributed by atoms with van der Waals surface area (Å²) >= 11 is 5.77. The van der Waals surface area contributed by atoms with Crippen molar-refractivity contribution in [3.63, 3.8) is 0 Å². The number of hydrogen-bond acceptors (Lipinski definition) is 2. The van der Waals surface area contributed by atoms with Crippen LogP contribution in [-0.2, 0) is 12.8 Å². The standard InChI is InChI=1S/C14H11ClN2/c15-14-16-7-6-13(17-14)9-10-4-5-11-2-1-3-12(11)8-10/h1-2,4-8H,3,9H2. The number of hydrogen-bond donors (Lipinski definition) is 0. The van der Waals surface area contributed by atoms with Gasteiger partial charge in [0.25, 0.3) is 0 Å². The maximum atomic E-state index is 5.77. The molecule has 2 aromatic rings. The van der Waals surface area contributed by atoms with Crippen molar-refractivity contribution in [1.82, 2.24) is 9.97 Å². The van der Waals surface area contributed by atoms with Gasteiger partial charge in [-0.2, -0.15) is 0 Å². The molecule has 84 valence electrons. The first kappa shape index (κ1) is 10.5. The number of rotatable bonds is 2. The molecule has 0 unspecified atom stereocenters. The smallest absolute Gasteiger partial charge is 0.222 e. The molecule has 1 aliphatic rings. The monoisotopic (exact) mass is 242 g/mol. The predicted molar refractivity (Wildman–Crippen MR) is 69.0 cm³/mol. The van der Waals surface area contributed by atoms with Gasteiger partial charge in [-0.15, -0.1) is 0 Å². The van der Waals surface area contributed by atoms with E-state index in [4.69, 9.17) is 11.6 Å². The largest absolute Gasteiger partial charge is 0.227 e. The van der Waals surface area contributed by atoms with Crippen LogP contribution in [0.4, 0.5) is 0 Å². The number of allylic oxidation sites excluding steroid dienone is 1. The average Bonchev–Trinajstić information content (AvgIpc) is 2.76. The van der Waals surface area contributed by atoms with Crippen molar-refractivity contribution in [3.05, 3.63) is 64.2 Å². The van der Waals surface area contributed by atoms with Gasteiger partial charge in [0, 0.05) is 18.3 Å². The molecule has 1 heterocycles. The lowest BCUT2D eigenvalue weighted by Crippen LogP contribution is -1.95. The van der Waals surface area contributed by atoms with E-state index in [1.54, 1.807) is 6.20 Å². The molecular formula is C14H11ClN2. The first-order valence-electron chi connectivity index (χ1n) is 5.57. The maximum Gasteiger partial charge on any atom is 0.222 e. The van der Waals surface area contributed by atoms with Crippen molar-refractivity contribution >= 4 is 17.7 Å². The van der Waals surface area contributed by atoms with Crippen molar-refractivity contribution in [1.29, 1.82) is 0 Å². The molecule has 0 spiro atoms. The number of aromatic nitrogens is 2. The van der Waals surface area contributed by atoms with E-state index in [1.165, 1.54) is 16.7 Å². The summed E-state index contributed by atoms with van der Waals surface area (Å²) < 4.78 is 0. The van der Waals surface area contributed by atoms with Gasteiger partial charge in [-0.05, 0) is 40.8 Å².